The fourth-order valence-corrected chi connectivity index (χ4v) is 4.30. The maximum atomic E-state index is 6.87. The number of aromatic nitrogens is 2. The molecule has 152 valence electrons. The van der Waals surface area contributed by atoms with Crippen LogP contribution in [0.25, 0.3) is 55.8 Å². The van der Waals surface area contributed by atoms with Gasteiger partial charge < -0.3 is 4.42 Å². The lowest BCUT2D eigenvalue weighted by atomic mass is 10.1. The van der Waals surface area contributed by atoms with Crippen LogP contribution in [0, 0.1) is 0 Å². The molecular formula is C28H17ClN2O. The largest absolute Gasteiger partial charge is 0.454 e. The highest BCUT2D eigenvalue weighted by atomic mass is 35.5. The molecule has 32 heavy (non-hydrogen) atoms. The predicted molar refractivity (Wildman–Crippen MR) is 131 cm³/mol. The SMILES string of the molecule is Clc1c(-c2nc(-c3ccccc3)cc(-c3ccccc3)n2)ccc2c1oc1ccccc12. The van der Waals surface area contributed by atoms with Crippen molar-refractivity contribution in [3.8, 4) is 33.9 Å². The highest BCUT2D eigenvalue weighted by molar-refractivity contribution is 6.38. The Morgan fingerprint density at radius 1 is 0.594 bits per heavy atom. The van der Waals surface area contributed by atoms with Crippen molar-refractivity contribution in [3.63, 3.8) is 0 Å². The van der Waals surface area contributed by atoms with E-state index >= 15 is 0 Å². The van der Waals surface area contributed by atoms with Crippen LogP contribution in [-0.2, 0) is 0 Å². The van der Waals surface area contributed by atoms with E-state index in [-0.39, 0.29) is 0 Å². The van der Waals surface area contributed by atoms with Gasteiger partial charge in [0.1, 0.15) is 5.58 Å². The number of halogens is 1. The van der Waals surface area contributed by atoms with Crippen molar-refractivity contribution in [1.82, 2.24) is 9.97 Å². The summed E-state index contributed by atoms with van der Waals surface area (Å²) >= 11 is 6.87. The summed E-state index contributed by atoms with van der Waals surface area (Å²) in [6.07, 6.45) is 0. The summed E-state index contributed by atoms with van der Waals surface area (Å²) in [5.41, 5.74) is 5.94. The van der Waals surface area contributed by atoms with Gasteiger partial charge in [-0.05, 0) is 24.3 Å². The van der Waals surface area contributed by atoms with Gasteiger partial charge in [-0.2, -0.15) is 0 Å². The highest BCUT2D eigenvalue weighted by Crippen LogP contribution is 2.39. The van der Waals surface area contributed by atoms with Crippen molar-refractivity contribution in [1.29, 1.82) is 0 Å². The minimum Gasteiger partial charge on any atom is -0.454 e. The van der Waals surface area contributed by atoms with Gasteiger partial charge in [0.2, 0.25) is 0 Å². The zero-order valence-corrected chi connectivity index (χ0v) is 17.8. The molecule has 0 unspecified atom stereocenters. The third-order valence-electron chi connectivity index (χ3n) is 5.59. The molecule has 0 saturated carbocycles. The van der Waals surface area contributed by atoms with Gasteiger partial charge in [-0.25, -0.2) is 9.97 Å². The number of hydrogen-bond acceptors (Lipinski definition) is 3. The molecule has 2 heterocycles. The van der Waals surface area contributed by atoms with Gasteiger partial charge >= 0.3 is 0 Å². The number of fused-ring (bicyclic) bond motifs is 3. The molecule has 4 heteroatoms. The summed E-state index contributed by atoms with van der Waals surface area (Å²) in [5.74, 6) is 0.567. The molecule has 0 radical (unpaired) electrons. The van der Waals surface area contributed by atoms with Crippen LogP contribution in [0.3, 0.4) is 0 Å². The normalized spacial score (nSPS) is 11.3. The summed E-state index contributed by atoms with van der Waals surface area (Å²) < 4.78 is 6.09. The molecule has 0 bridgehead atoms. The van der Waals surface area contributed by atoms with Gasteiger partial charge in [-0.1, -0.05) is 90.5 Å². The maximum Gasteiger partial charge on any atom is 0.162 e. The molecule has 6 aromatic rings. The van der Waals surface area contributed by atoms with Gasteiger partial charge in [0, 0.05) is 27.5 Å². The first-order chi connectivity index (χ1) is 15.8. The Kier molecular flexibility index (Phi) is 4.48. The monoisotopic (exact) mass is 432 g/mol. The number of rotatable bonds is 3. The zero-order valence-electron chi connectivity index (χ0n) is 17.0. The molecule has 0 spiro atoms. The lowest BCUT2D eigenvalue weighted by molar-refractivity contribution is 0.669. The Labute approximate surface area is 190 Å². The summed E-state index contributed by atoms with van der Waals surface area (Å²) in [7, 11) is 0. The second-order valence-electron chi connectivity index (χ2n) is 7.60. The van der Waals surface area contributed by atoms with E-state index in [0.717, 1.165) is 44.4 Å². The van der Waals surface area contributed by atoms with E-state index in [4.69, 9.17) is 26.0 Å². The minimum atomic E-state index is 0.517. The van der Waals surface area contributed by atoms with E-state index in [9.17, 15) is 0 Å². The van der Waals surface area contributed by atoms with Crippen molar-refractivity contribution in [3.05, 3.63) is 108 Å². The number of furan rings is 1. The van der Waals surface area contributed by atoms with Crippen LogP contribution < -0.4 is 0 Å². The Balaban J connectivity index is 1.60. The smallest absolute Gasteiger partial charge is 0.162 e. The van der Waals surface area contributed by atoms with E-state index in [2.05, 4.69) is 0 Å². The van der Waals surface area contributed by atoms with Crippen molar-refractivity contribution >= 4 is 33.5 Å². The number of nitrogens with zero attached hydrogens (tertiary/aromatic N) is 2. The zero-order chi connectivity index (χ0) is 21.5. The second-order valence-corrected chi connectivity index (χ2v) is 7.97. The van der Waals surface area contributed by atoms with Gasteiger partial charge in [-0.3, -0.25) is 0 Å². The Morgan fingerprint density at radius 2 is 1.19 bits per heavy atom. The van der Waals surface area contributed by atoms with Gasteiger partial charge in [0.25, 0.3) is 0 Å². The van der Waals surface area contributed by atoms with Crippen molar-refractivity contribution in [2.45, 2.75) is 0 Å². The third-order valence-corrected chi connectivity index (χ3v) is 5.97. The Morgan fingerprint density at radius 3 is 1.84 bits per heavy atom. The van der Waals surface area contributed by atoms with E-state index in [1.807, 2.05) is 103 Å². The van der Waals surface area contributed by atoms with E-state index in [1.54, 1.807) is 0 Å². The molecule has 0 aliphatic carbocycles. The molecule has 2 aromatic heterocycles. The highest BCUT2D eigenvalue weighted by Gasteiger charge is 2.17. The third kappa shape index (κ3) is 3.15. The molecule has 0 N–H and O–H groups in total. The summed E-state index contributed by atoms with van der Waals surface area (Å²) in [5, 5.41) is 2.54. The first kappa shape index (κ1) is 18.8. The Bertz CT molecular complexity index is 1520. The molecule has 0 saturated heterocycles. The fourth-order valence-electron chi connectivity index (χ4n) is 4.01. The summed E-state index contributed by atoms with van der Waals surface area (Å²) in [6, 6.07) is 34.2. The van der Waals surface area contributed by atoms with Crippen LogP contribution in [0.15, 0.2) is 108 Å². The average molecular weight is 433 g/mol. The first-order valence-corrected chi connectivity index (χ1v) is 10.8. The molecule has 0 fully saturated rings. The lowest BCUT2D eigenvalue weighted by Crippen LogP contribution is -1.96. The lowest BCUT2D eigenvalue weighted by Gasteiger charge is -2.10. The quantitative estimate of drug-likeness (QED) is 0.284. The van der Waals surface area contributed by atoms with Crippen LogP contribution in [0.5, 0.6) is 0 Å². The molecule has 3 nitrogen and oxygen atoms in total. The van der Waals surface area contributed by atoms with Crippen LogP contribution >= 0.6 is 11.6 Å². The first-order valence-electron chi connectivity index (χ1n) is 10.4. The van der Waals surface area contributed by atoms with Crippen molar-refractivity contribution < 1.29 is 4.42 Å². The van der Waals surface area contributed by atoms with Gasteiger partial charge in [-0.15, -0.1) is 0 Å². The number of para-hydroxylation sites is 1. The van der Waals surface area contributed by atoms with E-state index in [1.165, 1.54) is 0 Å². The fraction of sp³-hybridized carbons (Fsp3) is 0. The van der Waals surface area contributed by atoms with Crippen molar-refractivity contribution in [2.75, 3.05) is 0 Å². The molecule has 0 aliphatic rings. The number of hydrogen-bond donors (Lipinski definition) is 0. The van der Waals surface area contributed by atoms with Crippen molar-refractivity contribution in [2.24, 2.45) is 0 Å². The Hall–Kier alpha value is -3.95. The molecular weight excluding hydrogens is 416 g/mol. The van der Waals surface area contributed by atoms with Gasteiger partial charge in [0.15, 0.2) is 11.4 Å². The molecule has 0 aliphatic heterocycles. The molecule has 0 atom stereocenters. The standard InChI is InChI=1S/C28H17ClN2O/c29-26-22(16-15-21-20-13-7-8-14-25(20)32-27(21)26)28-30-23(18-9-3-1-4-10-18)17-24(31-28)19-11-5-2-6-12-19/h1-17H. The van der Waals surface area contributed by atoms with E-state index in [0.29, 0.717) is 16.4 Å². The summed E-state index contributed by atoms with van der Waals surface area (Å²) in [6.45, 7) is 0. The van der Waals surface area contributed by atoms with Crippen LogP contribution in [0.1, 0.15) is 0 Å². The van der Waals surface area contributed by atoms with E-state index < -0.39 is 0 Å². The predicted octanol–water partition coefficient (Wildman–Crippen LogP) is 8.03. The summed E-state index contributed by atoms with van der Waals surface area (Å²) in [4.78, 5) is 9.77. The topological polar surface area (TPSA) is 38.9 Å². The number of benzene rings is 4. The van der Waals surface area contributed by atoms with Gasteiger partial charge in [0.05, 0.1) is 16.4 Å². The molecule has 4 aromatic carbocycles. The minimum absolute atomic E-state index is 0.517. The molecule has 0 amide bonds. The maximum absolute atomic E-state index is 6.87. The van der Waals surface area contributed by atoms with Crippen LogP contribution in [0.4, 0.5) is 0 Å². The van der Waals surface area contributed by atoms with Crippen LogP contribution in [0.2, 0.25) is 5.02 Å². The molecule has 6 rings (SSSR count). The average Bonchev–Trinajstić information content (AvgIpc) is 3.25. The second kappa shape index (κ2) is 7.63. The van der Waals surface area contributed by atoms with Crippen LogP contribution in [-0.4, -0.2) is 9.97 Å².